The van der Waals surface area contributed by atoms with E-state index < -0.39 is 15.7 Å². The molecule has 0 unspecified atom stereocenters. The van der Waals surface area contributed by atoms with Gasteiger partial charge in [0.05, 0.1) is 9.79 Å². The van der Waals surface area contributed by atoms with Gasteiger partial charge in [0.2, 0.25) is 9.84 Å². The number of halogens is 1. The maximum absolute atomic E-state index is 13.9. The Morgan fingerprint density at radius 1 is 1.08 bits per heavy atom. The summed E-state index contributed by atoms with van der Waals surface area (Å²) in [4.78, 5) is 0.400. The van der Waals surface area contributed by atoms with Gasteiger partial charge >= 0.3 is 0 Å². The van der Waals surface area contributed by atoms with Gasteiger partial charge in [0.25, 0.3) is 0 Å². The highest BCUT2D eigenvalue weighted by Gasteiger charge is 2.24. The Balaban J connectivity index is 1.83. The molecule has 0 aliphatic carbocycles. The lowest BCUT2D eigenvalue weighted by molar-refractivity contribution is 0.336. The van der Waals surface area contributed by atoms with E-state index >= 15 is 0 Å². The van der Waals surface area contributed by atoms with E-state index in [9.17, 15) is 12.8 Å². The van der Waals surface area contributed by atoms with Crippen LogP contribution in [0.15, 0.2) is 64.5 Å². The van der Waals surface area contributed by atoms with Gasteiger partial charge in [0.15, 0.2) is 0 Å². The molecule has 3 aromatic rings. The molecule has 2 aromatic carbocycles. The topological polar surface area (TPSA) is 51.1 Å². The summed E-state index contributed by atoms with van der Waals surface area (Å²) in [6, 6.07) is 12.7. The molecular weight excluding hydrogens is 351 g/mol. The molecule has 1 fully saturated rings. The van der Waals surface area contributed by atoms with Crippen molar-refractivity contribution in [2.75, 3.05) is 13.1 Å². The fraction of sp³-hybridized carbons (Fsp3) is 0.300. The van der Waals surface area contributed by atoms with E-state index in [1.807, 2.05) is 4.57 Å². The van der Waals surface area contributed by atoms with Gasteiger partial charge in [-0.05, 0) is 62.2 Å². The third-order valence-corrected chi connectivity index (χ3v) is 6.86. The minimum Gasteiger partial charge on any atom is -0.346 e. The van der Waals surface area contributed by atoms with Crippen LogP contribution < -0.4 is 5.32 Å². The third-order valence-electron chi connectivity index (χ3n) is 5.06. The van der Waals surface area contributed by atoms with Gasteiger partial charge < -0.3 is 9.88 Å². The molecule has 0 spiro atoms. The van der Waals surface area contributed by atoms with Crippen molar-refractivity contribution in [3.05, 3.63) is 60.5 Å². The maximum Gasteiger partial charge on any atom is 0.208 e. The van der Waals surface area contributed by atoms with Gasteiger partial charge in [-0.15, -0.1) is 0 Å². The molecule has 6 heteroatoms. The highest BCUT2D eigenvalue weighted by molar-refractivity contribution is 7.91. The lowest BCUT2D eigenvalue weighted by Gasteiger charge is -2.23. The second-order valence-corrected chi connectivity index (χ2v) is 8.74. The molecule has 0 bridgehead atoms. The van der Waals surface area contributed by atoms with Crippen molar-refractivity contribution in [2.24, 2.45) is 5.92 Å². The molecule has 1 N–H and O–H groups in total. The molecule has 1 aliphatic rings. The van der Waals surface area contributed by atoms with Crippen molar-refractivity contribution in [1.29, 1.82) is 0 Å². The van der Waals surface area contributed by atoms with Crippen LogP contribution >= 0.6 is 0 Å². The Bertz CT molecular complexity index is 1020. The molecule has 1 saturated heterocycles. The normalized spacial score (nSPS) is 16.2. The van der Waals surface area contributed by atoms with Gasteiger partial charge in [-0.2, -0.15) is 0 Å². The smallest absolute Gasteiger partial charge is 0.208 e. The van der Waals surface area contributed by atoms with E-state index in [-0.39, 0.29) is 9.79 Å². The highest BCUT2D eigenvalue weighted by atomic mass is 32.2. The van der Waals surface area contributed by atoms with Crippen LogP contribution in [-0.4, -0.2) is 26.1 Å². The van der Waals surface area contributed by atoms with E-state index in [1.54, 1.807) is 42.6 Å². The summed E-state index contributed by atoms with van der Waals surface area (Å²) in [5.74, 6) is 0.0609. The van der Waals surface area contributed by atoms with E-state index in [0.717, 1.165) is 38.0 Å². The molecule has 0 radical (unpaired) electrons. The second kappa shape index (κ2) is 6.85. The fourth-order valence-corrected chi connectivity index (χ4v) is 5.16. The number of aromatic nitrogens is 1. The first-order valence-corrected chi connectivity index (χ1v) is 10.3. The first-order valence-electron chi connectivity index (χ1n) is 8.85. The lowest BCUT2D eigenvalue weighted by Crippen LogP contribution is -2.29. The van der Waals surface area contributed by atoms with E-state index in [4.69, 9.17) is 0 Å². The average Bonchev–Trinajstić information content (AvgIpc) is 3.01. The summed E-state index contributed by atoms with van der Waals surface area (Å²) in [6.45, 7) is 2.70. The maximum atomic E-state index is 13.9. The van der Waals surface area contributed by atoms with Crippen LogP contribution in [0.4, 0.5) is 4.39 Å². The highest BCUT2D eigenvalue weighted by Crippen LogP contribution is 2.32. The number of piperidine rings is 1. The first kappa shape index (κ1) is 17.2. The summed E-state index contributed by atoms with van der Waals surface area (Å²) >= 11 is 0. The Morgan fingerprint density at radius 3 is 2.54 bits per heavy atom. The van der Waals surface area contributed by atoms with Crippen molar-refractivity contribution in [1.82, 2.24) is 9.88 Å². The standard InChI is InChI=1S/C20H21FN2O2S/c21-16-6-7-19-18(12-16)20(26(24,25)17-4-2-1-3-5-17)14-23(19)13-15-8-10-22-11-9-15/h1-7,12,14-15,22H,8-11,13H2. The van der Waals surface area contributed by atoms with Crippen LogP contribution in [0, 0.1) is 11.7 Å². The van der Waals surface area contributed by atoms with Crippen LogP contribution in [0.2, 0.25) is 0 Å². The number of benzene rings is 2. The van der Waals surface area contributed by atoms with Gasteiger partial charge in [-0.1, -0.05) is 18.2 Å². The van der Waals surface area contributed by atoms with Gasteiger partial charge in [0, 0.05) is 23.6 Å². The number of hydrogen-bond donors (Lipinski definition) is 1. The zero-order chi connectivity index (χ0) is 18.1. The van der Waals surface area contributed by atoms with Crippen LogP contribution in [0.3, 0.4) is 0 Å². The van der Waals surface area contributed by atoms with Crippen molar-refractivity contribution < 1.29 is 12.8 Å². The van der Waals surface area contributed by atoms with E-state index in [0.29, 0.717) is 11.3 Å². The molecule has 0 atom stereocenters. The molecule has 26 heavy (non-hydrogen) atoms. The number of rotatable bonds is 4. The van der Waals surface area contributed by atoms with Crippen molar-refractivity contribution in [2.45, 2.75) is 29.2 Å². The molecule has 1 aliphatic heterocycles. The monoisotopic (exact) mass is 372 g/mol. The van der Waals surface area contributed by atoms with Gasteiger partial charge in [-0.3, -0.25) is 0 Å². The first-order chi connectivity index (χ1) is 12.6. The largest absolute Gasteiger partial charge is 0.346 e. The minimum atomic E-state index is -3.70. The van der Waals surface area contributed by atoms with Gasteiger partial charge in [-0.25, -0.2) is 12.8 Å². The molecule has 4 nitrogen and oxygen atoms in total. The summed E-state index contributed by atoms with van der Waals surface area (Å²) in [7, 11) is -3.70. The SMILES string of the molecule is O=S(=O)(c1ccccc1)c1cn(CC2CCNCC2)c2ccc(F)cc12. The van der Waals surface area contributed by atoms with E-state index in [2.05, 4.69) is 5.32 Å². The number of sulfone groups is 1. The number of nitrogens with one attached hydrogen (secondary N) is 1. The number of fused-ring (bicyclic) bond motifs is 1. The molecular formula is C20H21FN2O2S. The van der Waals surface area contributed by atoms with Crippen molar-refractivity contribution in [3.8, 4) is 0 Å². The Hall–Kier alpha value is -2.18. The zero-order valence-electron chi connectivity index (χ0n) is 14.4. The van der Waals surface area contributed by atoms with E-state index in [1.165, 1.54) is 12.1 Å². The minimum absolute atomic E-state index is 0.173. The quantitative estimate of drug-likeness (QED) is 0.761. The number of nitrogens with zero attached hydrogens (tertiary/aromatic N) is 1. The number of hydrogen-bond acceptors (Lipinski definition) is 3. The molecule has 136 valence electrons. The molecule has 1 aromatic heterocycles. The van der Waals surface area contributed by atoms with Crippen molar-refractivity contribution >= 4 is 20.7 Å². The fourth-order valence-electron chi connectivity index (χ4n) is 3.67. The third kappa shape index (κ3) is 3.15. The zero-order valence-corrected chi connectivity index (χ0v) is 15.2. The molecule has 0 amide bonds. The molecule has 0 saturated carbocycles. The molecule has 2 heterocycles. The Kier molecular flexibility index (Phi) is 4.54. The summed E-state index contributed by atoms with van der Waals surface area (Å²) < 4.78 is 42.1. The van der Waals surface area contributed by atoms with Crippen LogP contribution in [0.25, 0.3) is 10.9 Å². The lowest BCUT2D eigenvalue weighted by atomic mass is 9.98. The average molecular weight is 372 g/mol. The van der Waals surface area contributed by atoms with Crippen LogP contribution in [-0.2, 0) is 16.4 Å². The van der Waals surface area contributed by atoms with Crippen LogP contribution in [0.1, 0.15) is 12.8 Å². The molecule has 4 rings (SSSR count). The predicted octanol–water partition coefficient (Wildman–Crippen LogP) is 3.61. The van der Waals surface area contributed by atoms with Gasteiger partial charge in [0.1, 0.15) is 5.82 Å². The van der Waals surface area contributed by atoms with Crippen molar-refractivity contribution in [3.63, 3.8) is 0 Å². The second-order valence-electron chi connectivity index (χ2n) is 6.82. The predicted molar refractivity (Wildman–Crippen MR) is 99.4 cm³/mol. The summed E-state index contributed by atoms with van der Waals surface area (Å²) in [6.07, 6.45) is 3.79. The summed E-state index contributed by atoms with van der Waals surface area (Å²) in [5.41, 5.74) is 0.763. The summed E-state index contributed by atoms with van der Waals surface area (Å²) in [5, 5.41) is 3.79. The Labute approximate surface area is 152 Å². The van der Waals surface area contributed by atoms with Crippen LogP contribution in [0.5, 0.6) is 0 Å². The Morgan fingerprint density at radius 2 is 1.81 bits per heavy atom.